The predicted octanol–water partition coefficient (Wildman–Crippen LogP) is 1.07. The van der Waals surface area contributed by atoms with Gasteiger partial charge in [0.05, 0.1) is 17.6 Å². The third-order valence-corrected chi connectivity index (χ3v) is 7.63. The fraction of sp³-hybridized carbons (Fsp3) is 0.435. The van der Waals surface area contributed by atoms with Crippen LogP contribution in [0.25, 0.3) is 0 Å². The minimum absolute atomic E-state index is 0.162. The predicted molar refractivity (Wildman–Crippen MR) is 121 cm³/mol. The van der Waals surface area contributed by atoms with Crippen LogP contribution < -0.4 is 10.2 Å². The zero-order valence-electron chi connectivity index (χ0n) is 17.5. The quantitative estimate of drug-likeness (QED) is 0.694. The van der Waals surface area contributed by atoms with E-state index in [0.717, 1.165) is 25.2 Å². The lowest BCUT2D eigenvalue weighted by Crippen LogP contribution is -2.42. The first-order valence-electron chi connectivity index (χ1n) is 10.7. The number of hydrogen-bond donors (Lipinski definition) is 2. The van der Waals surface area contributed by atoms with Gasteiger partial charge in [0.1, 0.15) is 0 Å². The van der Waals surface area contributed by atoms with E-state index in [9.17, 15) is 18.3 Å². The van der Waals surface area contributed by atoms with Gasteiger partial charge in [-0.05, 0) is 41.8 Å². The number of nitrogens with one attached hydrogen (secondary N) is 1. The highest BCUT2D eigenvalue weighted by Gasteiger charge is 2.22. The largest absolute Gasteiger partial charge is 0.390 e. The molecule has 166 valence electrons. The van der Waals surface area contributed by atoms with Crippen LogP contribution in [0.2, 0.25) is 0 Å². The van der Waals surface area contributed by atoms with E-state index in [4.69, 9.17) is 0 Å². The molecule has 7 nitrogen and oxygen atoms in total. The minimum atomic E-state index is -2.92. The van der Waals surface area contributed by atoms with Crippen LogP contribution in [-0.4, -0.2) is 74.7 Å². The summed E-state index contributed by atoms with van der Waals surface area (Å²) in [5.41, 5.74) is 4.11. The molecule has 1 unspecified atom stereocenters. The van der Waals surface area contributed by atoms with Crippen LogP contribution in [0.5, 0.6) is 0 Å². The smallest absolute Gasteiger partial charge is 0.251 e. The number of rotatable bonds is 6. The van der Waals surface area contributed by atoms with Crippen LogP contribution in [0.15, 0.2) is 48.5 Å². The molecule has 2 aromatic carbocycles. The molecule has 2 aliphatic rings. The van der Waals surface area contributed by atoms with Crippen molar-refractivity contribution in [2.45, 2.75) is 19.1 Å². The van der Waals surface area contributed by atoms with Crippen molar-refractivity contribution in [3.8, 4) is 0 Å². The summed E-state index contributed by atoms with van der Waals surface area (Å²) >= 11 is 0. The highest BCUT2D eigenvalue weighted by molar-refractivity contribution is 7.91. The number of amides is 1. The maximum Gasteiger partial charge on any atom is 0.251 e. The van der Waals surface area contributed by atoms with Crippen LogP contribution in [-0.2, 0) is 22.8 Å². The van der Waals surface area contributed by atoms with Gasteiger partial charge in [0, 0.05) is 50.5 Å². The minimum Gasteiger partial charge on any atom is -0.390 e. The van der Waals surface area contributed by atoms with Crippen molar-refractivity contribution >= 4 is 21.4 Å². The Labute approximate surface area is 183 Å². The molecule has 31 heavy (non-hydrogen) atoms. The molecule has 0 spiro atoms. The lowest BCUT2D eigenvalue weighted by atomic mass is 10.00. The number of carbonyl (C=O) groups excluding carboxylic acids is 1. The number of benzene rings is 2. The summed E-state index contributed by atoms with van der Waals surface area (Å²) in [4.78, 5) is 16.7. The van der Waals surface area contributed by atoms with Crippen molar-refractivity contribution in [1.29, 1.82) is 0 Å². The standard InChI is InChI=1S/C23H29N3O4S/c27-22(17-25-10-9-18-3-1-2-4-20(18)16-25)15-24-23(28)19-5-7-21(8-6-19)26-11-13-31(29,30)14-12-26/h1-8,22,27H,9-17H2,(H,24,28). The van der Waals surface area contributed by atoms with Crippen LogP contribution in [0.3, 0.4) is 0 Å². The Kier molecular flexibility index (Phi) is 6.60. The number of fused-ring (bicyclic) bond motifs is 1. The van der Waals surface area contributed by atoms with Crippen molar-refractivity contribution in [2.75, 3.05) is 49.1 Å². The molecular formula is C23H29N3O4S. The molecule has 2 aliphatic heterocycles. The van der Waals surface area contributed by atoms with Crippen molar-refractivity contribution in [3.05, 3.63) is 65.2 Å². The van der Waals surface area contributed by atoms with Gasteiger partial charge in [-0.1, -0.05) is 24.3 Å². The summed E-state index contributed by atoms with van der Waals surface area (Å²) in [5.74, 6) is 0.0988. The number of sulfone groups is 1. The van der Waals surface area contributed by atoms with Gasteiger partial charge in [0.15, 0.2) is 9.84 Å². The Morgan fingerprint density at radius 3 is 2.39 bits per heavy atom. The Morgan fingerprint density at radius 1 is 1.00 bits per heavy atom. The molecule has 0 radical (unpaired) electrons. The summed E-state index contributed by atoms with van der Waals surface area (Å²) in [6.45, 7) is 3.39. The molecule has 2 N–H and O–H groups in total. The lowest BCUT2D eigenvalue weighted by molar-refractivity contribution is 0.0842. The van der Waals surface area contributed by atoms with Crippen molar-refractivity contribution in [1.82, 2.24) is 10.2 Å². The number of anilines is 1. The van der Waals surface area contributed by atoms with E-state index in [1.54, 1.807) is 12.1 Å². The molecule has 2 aromatic rings. The molecule has 0 aliphatic carbocycles. The average Bonchev–Trinajstić information content (AvgIpc) is 2.77. The SMILES string of the molecule is O=C(NCC(O)CN1CCc2ccccc2C1)c1ccc(N2CCS(=O)(=O)CC2)cc1. The van der Waals surface area contributed by atoms with Crippen LogP contribution in [0.4, 0.5) is 5.69 Å². The Bertz CT molecular complexity index is 1010. The summed E-state index contributed by atoms with van der Waals surface area (Å²) in [6.07, 6.45) is 0.341. The molecule has 2 heterocycles. The third-order valence-electron chi connectivity index (χ3n) is 6.02. The molecule has 1 fully saturated rings. The van der Waals surface area contributed by atoms with Crippen LogP contribution in [0.1, 0.15) is 21.5 Å². The second-order valence-corrected chi connectivity index (χ2v) is 10.6. The Balaban J connectivity index is 1.24. The van der Waals surface area contributed by atoms with E-state index in [0.29, 0.717) is 25.2 Å². The summed E-state index contributed by atoms with van der Waals surface area (Å²) in [5, 5.41) is 13.2. The molecule has 0 bridgehead atoms. The molecule has 4 rings (SSSR count). The van der Waals surface area contributed by atoms with Crippen LogP contribution >= 0.6 is 0 Å². The number of aliphatic hydroxyl groups is 1. The molecular weight excluding hydrogens is 414 g/mol. The molecule has 1 atom stereocenters. The third kappa shape index (κ3) is 5.64. The fourth-order valence-electron chi connectivity index (χ4n) is 4.18. The molecule has 8 heteroatoms. The van der Waals surface area contributed by atoms with E-state index in [2.05, 4.69) is 28.4 Å². The Hall–Kier alpha value is -2.42. The maximum atomic E-state index is 12.4. The first kappa shape index (κ1) is 21.8. The van der Waals surface area contributed by atoms with E-state index >= 15 is 0 Å². The van der Waals surface area contributed by atoms with Gasteiger partial charge in [-0.3, -0.25) is 9.69 Å². The molecule has 0 saturated carbocycles. The first-order chi connectivity index (χ1) is 14.9. The number of β-amino-alcohol motifs (C(OH)–C–C–N with tert-alkyl or cyclic N) is 1. The summed E-state index contributed by atoms with van der Waals surface area (Å²) < 4.78 is 23.2. The summed E-state index contributed by atoms with van der Waals surface area (Å²) in [6, 6.07) is 15.5. The lowest BCUT2D eigenvalue weighted by Gasteiger charge is -2.30. The van der Waals surface area contributed by atoms with Gasteiger partial charge in [-0.25, -0.2) is 8.42 Å². The molecule has 1 amide bonds. The van der Waals surface area contributed by atoms with Gasteiger partial charge in [-0.15, -0.1) is 0 Å². The Morgan fingerprint density at radius 2 is 1.68 bits per heavy atom. The number of nitrogens with zero attached hydrogens (tertiary/aromatic N) is 2. The molecule has 1 saturated heterocycles. The normalized spacial score (nSPS) is 19.5. The van der Waals surface area contributed by atoms with E-state index in [1.165, 1.54) is 11.1 Å². The highest BCUT2D eigenvalue weighted by atomic mass is 32.2. The molecule has 0 aromatic heterocycles. The first-order valence-corrected chi connectivity index (χ1v) is 12.5. The van der Waals surface area contributed by atoms with Gasteiger partial charge < -0.3 is 15.3 Å². The zero-order chi connectivity index (χ0) is 21.8. The van der Waals surface area contributed by atoms with E-state index < -0.39 is 15.9 Å². The van der Waals surface area contributed by atoms with Gasteiger partial charge in [0.25, 0.3) is 5.91 Å². The number of aliphatic hydroxyl groups excluding tert-OH is 1. The maximum absolute atomic E-state index is 12.4. The second kappa shape index (κ2) is 9.38. The zero-order valence-corrected chi connectivity index (χ0v) is 18.4. The van der Waals surface area contributed by atoms with E-state index in [1.807, 2.05) is 23.1 Å². The second-order valence-electron chi connectivity index (χ2n) is 8.30. The fourth-order valence-corrected chi connectivity index (χ4v) is 5.38. The monoisotopic (exact) mass is 443 g/mol. The van der Waals surface area contributed by atoms with Gasteiger partial charge in [0.2, 0.25) is 0 Å². The highest BCUT2D eigenvalue weighted by Crippen LogP contribution is 2.19. The van der Waals surface area contributed by atoms with Crippen molar-refractivity contribution in [3.63, 3.8) is 0 Å². The number of hydrogen-bond acceptors (Lipinski definition) is 6. The van der Waals surface area contributed by atoms with Crippen molar-refractivity contribution < 1.29 is 18.3 Å². The van der Waals surface area contributed by atoms with E-state index in [-0.39, 0.29) is 24.0 Å². The number of carbonyl (C=O) groups is 1. The van der Waals surface area contributed by atoms with Gasteiger partial charge in [-0.2, -0.15) is 0 Å². The summed E-state index contributed by atoms with van der Waals surface area (Å²) in [7, 11) is -2.92. The van der Waals surface area contributed by atoms with Crippen molar-refractivity contribution in [2.24, 2.45) is 0 Å². The average molecular weight is 444 g/mol. The van der Waals surface area contributed by atoms with Gasteiger partial charge >= 0.3 is 0 Å². The topological polar surface area (TPSA) is 89.9 Å². The van der Waals surface area contributed by atoms with Crippen LogP contribution in [0, 0.1) is 0 Å².